The molecule has 4 heteroatoms. The summed E-state index contributed by atoms with van der Waals surface area (Å²) in [5, 5.41) is 0. The Hall–Kier alpha value is -0.840. The number of aryl methyl sites for hydroxylation is 1. The van der Waals surface area contributed by atoms with E-state index in [1.54, 1.807) is 0 Å². The largest absolute Gasteiger partial charge is 0.483 e. The van der Waals surface area contributed by atoms with Crippen molar-refractivity contribution >= 4 is 31.9 Å². The van der Waals surface area contributed by atoms with Gasteiger partial charge < -0.3 is 10.5 Å². The molecule has 2 N–H and O–H groups in total. The number of hydrogen-bond acceptors (Lipinski definition) is 2. The van der Waals surface area contributed by atoms with E-state index in [1.165, 1.54) is 5.56 Å². The van der Waals surface area contributed by atoms with Crippen molar-refractivity contribution in [3.63, 3.8) is 0 Å². The number of rotatable bonds is 5. The summed E-state index contributed by atoms with van der Waals surface area (Å²) in [6.45, 7) is 4.12. The summed E-state index contributed by atoms with van der Waals surface area (Å²) in [5.74, 6) is 0.810. The molecule has 2 unspecified atom stereocenters. The van der Waals surface area contributed by atoms with Crippen LogP contribution in [0, 0.1) is 6.92 Å². The van der Waals surface area contributed by atoms with Crippen LogP contribution in [0.25, 0.3) is 0 Å². The fraction of sp³-hybridized carbons (Fsp3) is 0.294. The predicted molar refractivity (Wildman–Crippen MR) is 94.7 cm³/mol. The summed E-state index contributed by atoms with van der Waals surface area (Å²) in [5.41, 5.74) is 8.54. The lowest BCUT2D eigenvalue weighted by molar-refractivity contribution is 0.169. The predicted octanol–water partition coefficient (Wildman–Crippen LogP) is 5.38. The molecule has 0 aliphatic rings. The van der Waals surface area contributed by atoms with Crippen LogP contribution in [0.1, 0.15) is 30.6 Å². The number of benzene rings is 2. The summed E-state index contributed by atoms with van der Waals surface area (Å²) in [6.07, 6.45) is 0.653. The van der Waals surface area contributed by atoms with Crippen molar-refractivity contribution in [2.75, 3.05) is 0 Å². The van der Waals surface area contributed by atoms with E-state index >= 15 is 0 Å². The van der Waals surface area contributed by atoms with Gasteiger partial charge in [-0.1, -0.05) is 47.1 Å². The van der Waals surface area contributed by atoms with Crippen molar-refractivity contribution in [1.82, 2.24) is 0 Å². The molecule has 112 valence electrons. The van der Waals surface area contributed by atoms with Gasteiger partial charge in [-0.3, -0.25) is 0 Å². The molecule has 0 radical (unpaired) electrons. The zero-order valence-corrected chi connectivity index (χ0v) is 15.3. The van der Waals surface area contributed by atoms with Crippen LogP contribution in [0.4, 0.5) is 0 Å². The lowest BCUT2D eigenvalue weighted by atomic mass is 10.0. The summed E-state index contributed by atoms with van der Waals surface area (Å²) < 4.78 is 8.18. The minimum Gasteiger partial charge on any atom is -0.483 e. The maximum Gasteiger partial charge on any atom is 0.140 e. The number of ether oxygens (including phenoxy) is 1. The molecule has 0 spiro atoms. The maximum atomic E-state index is 6.28. The number of hydrogen-bond donors (Lipinski definition) is 1. The Morgan fingerprint density at radius 3 is 2.43 bits per heavy atom. The van der Waals surface area contributed by atoms with Crippen molar-refractivity contribution in [1.29, 1.82) is 0 Å². The molecular weight excluding hydrogens is 394 g/mol. The van der Waals surface area contributed by atoms with Crippen LogP contribution >= 0.6 is 31.9 Å². The van der Waals surface area contributed by atoms with Gasteiger partial charge in [0.2, 0.25) is 0 Å². The molecule has 0 saturated heterocycles. The Morgan fingerprint density at radius 2 is 1.81 bits per heavy atom. The Labute approximate surface area is 143 Å². The first kappa shape index (κ1) is 16.5. The van der Waals surface area contributed by atoms with Crippen molar-refractivity contribution in [2.24, 2.45) is 5.73 Å². The van der Waals surface area contributed by atoms with E-state index in [0.717, 1.165) is 26.7 Å². The van der Waals surface area contributed by atoms with Crippen LogP contribution in [0.5, 0.6) is 5.75 Å². The van der Waals surface area contributed by atoms with Crippen LogP contribution in [-0.4, -0.2) is 6.04 Å². The topological polar surface area (TPSA) is 35.2 Å². The Bertz CT molecular complexity index is 615. The molecule has 2 rings (SSSR count). The average Bonchev–Trinajstić information content (AvgIpc) is 2.47. The van der Waals surface area contributed by atoms with Crippen LogP contribution in [-0.2, 0) is 0 Å². The highest BCUT2D eigenvalue weighted by atomic mass is 79.9. The van der Waals surface area contributed by atoms with E-state index in [0.29, 0.717) is 0 Å². The Balaban J connectivity index is 2.35. The van der Waals surface area contributed by atoms with E-state index in [2.05, 4.69) is 45.7 Å². The third kappa shape index (κ3) is 4.09. The summed E-state index contributed by atoms with van der Waals surface area (Å²) >= 11 is 7.15. The first-order valence-electron chi connectivity index (χ1n) is 6.95. The Morgan fingerprint density at radius 1 is 1.10 bits per heavy atom. The second kappa shape index (κ2) is 7.43. The fourth-order valence-corrected chi connectivity index (χ4v) is 3.24. The average molecular weight is 413 g/mol. The third-order valence-electron chi connectivity index (χ3n) is 3.41. The Kier molecular flexibility index (Phi) is 5.85. The lowest BCUT2D eigenvalue weighted by Crippen LogP contribution is -2.31. The van der Waals surface area contributed by atoms with E-state index in [1.807, 2.05) is 42.5 Å². The summed E-state index contributed by atoms with van der Waals surface area (Å²) in [4.78, 5) is 0. The van der Waals surface area contributed by atoms with Gasteiger partial charge in [-0.05, 0) is 53.0 Å². The van der Waals surface area contributed by atoms with Crippen LogP contribution in [0.3, 0.4) is 0 Å². The van der Waals surface area contributed by atoms with Crippen LogP contribution in [0.15, 0.2) is 51.4 Å². The quantitative estimate of drug-likeness (QED) is 0.715. The van der Waals surface area contributed by atoms with E-state index < -0.39 is 0 Å². The highest BCUT2D eigenvalue weighted by molar-refractivity contribution is 9.10. The second-order valence-electron chi connectivity index (χ2n) is 5.07. The smallest absolute Gasteiger partial charge is 0.140 e. The van der Waals surface area contributed by atoms with Crippen LogP contribution in [0.2, 0.25) is 0 Å². The van der Waals surface area contributed by atoms with Gasteiger partial charge in [-0.15, -0.1) is 0 Å². The first-order valence-corrected chi connectivity index (χ1v) is 8.54. The molecule has 0 bridgehead atoms. The van der Waals surface area contributed by atoms with Gasteiger partial charge >= 0.3 is 0 Å². The molecule has 2 aromatic rings. The molecule has 2 aromatic carbocycles. The monoisotopic (exact) mass is 411 g/mol. The standard InChI is InChI=1S/C17H19Br2NO/c1-3-15(20)17(12-6-4-5-7-13(12)18)21-16-9-8-11(2)10-14(16)19/h4-10,15,17H,3,20H2,1-2H3. The third-order valence-corrected chi connectivity index (χ3v) is 4.76. The van der Waals surface area contributed by atoms with Gasteiger partial charge in [0.25, 0.3) is 0 Å². The van der Waals surface area contributed by atoms with Crippen LogP contribution < -0.4 is 10.5 Å². The molecule has 2 nitrogen and oxygen atoms in total. The summed E-state index contributed by atoms with van der Waals surface area (Å²) in [6, 6.07) is 14.0. The molecule has 0 aliphatic carbocycles. The first-order chi connectivity index (χ1) is 10.0. The lowest BCUT2D eigenvalue weighted by Gasteiger charge is -2.26. The van der Waals surface area contributed by atoms with E-state index in [4.69, 9.17) is 10.5 Å². The number of halogens is 2. The second-order valence-corrected chi connectivity index (χ2v) is 6.77. The molecule has 21 heavy (non-hydrogen) atoms. The minimum atomic E-state index is -0.190. The molecule has 0 fully saturated rings. The van der Waals surface area contributed by atoms with E-state index in [-0.39, 0.29) is 12.1 Å². The van der Waals surface area contributed by atoms with Gasteiger partial charge in [0.05, 0.1) is 4.47 Å². The number of nitrogens with two attached hydrogens (primary N) is 1. The maximum absolute atomic E-state index is 6.28. The van der Waals surface area contributed by atoms with Crippen molar-refractivity contribution in [3.8, 4) is 5.75 Å². The SMILES string of the molecule is CCC(N)C(Oc1ccc(C)cc1Br)c1ccccc1Br. The minimum absolute atomic E-state index is 0.0723. The highest BCUT2D eigenvalue weighted by Crippen LogP contribution is 2.34. The molecule has 0 aromatic heterocycles. The fourth-order valence-electron chi connectivity index (χ4n) is 2.14. The zero-order chi connectivity index (χ0) is 15.4. The molecule has 0 aliphatic heterocycles. The van der Waals surface area contributed by atoms with Gasteiger partial charge in [0.15, 0.2) is 0 Å². The molecular formula is C17H19Br2NO. The van der Waals surface area contributed by atoms with Gasteiger partial charge in [0.1, 0.15) is 11.9 Å². The van der Waals surface area contributed by atoms with Crippen molar-refractivity contribution in [2.45, 2.75) is 32.4 Å². The highest BCUT2D eigenvalue weighted by Gasteiger charge is 2.23. The normalized spacial score (nSPS) is 13.8. The zero-order valence-electron chi connectivity index (χ0n) is 12.1. The van der Waals surface area contributed by atoms with Gasteiger partial charge in [-0.2, -0.15) is 0 Å². The molecule has 0 saturated carbocycles. The molecule has 0 amide bonds. The molecule has 2 atom stereocenters. The van der Waals surface area contributed by atoms with Gasteiger partial charge in [-0.25, -0.2) is 0 Å². The summed E-state index contributed by atoms with van der Waals surface area (Å²) in [7, 11) is 0. The van der Waals surface area contributed by atoms with Crippen molar-refractivity contribution < 1.29 is 4.74 Å². The molecule has 0 heterocycles. The van der Waals surface area contributed by atoms with Gasteiger partial charge in [0, 0.05) is 16.1 Å². The van der Waals surface area contributed by atoms with E-state index in [9.17, 15) is 0 Å². The van der Waals surface area contributed by atoms with Crippen molar-refractivity contribution in [3.05, 3.63) is 62.5 Å².